The van der Waals surface area contributed by atoms with Crippen LogP contribution >= 0.6 is 0 Å². The molecule has 1 aliphatic rings. The van der Waals surface area contributed by atoms with Gasteiger partial charge in [-0.3, -0.25) is 9.78 Å². The fourth-order valence-corrected chi connectivity index (χ4v) is 3.60. The summed E-state index contributed by atoms with van der Waals surface area (Å²) in [6.07, 6.45) is 11.6. The van der Waals surface area contributed by atoms with Crippen molar-refractivity contribution in [3.63, 3.8) is 0 Å². The number of benzene rings is 1. The summed E-state index contributed by atoms with van der Waals surface area (Å²) in [5.41, 5.74) is 3.63. The molecule has 0 fully saturated rings. The first-order valence-electron chi connectivity index (χ1n) is 9.60. The molecule has 1 aromatic carbocycles. The number of rotatable bonds is 5. The summed E-state index contributed by atoms with van der Waals surface area (Å²) in [6.45, 7) is 5.70. The van der Waals surface area contributed by atoms with E-state index >= 15 is 0 Å². The van der Waals surface area contributed by atoms with E-state index in [0.29, 0.717) is 18.0 Å². The summed E-state index contributed by atoms with van der Waals surface area (Å²) in [7, 11) is 0. The Kier molecular flexibility index (Phi) is 5.06. The third kappa shape index (κ3) is 3.74. The highest BCUT2D eigenvalue weighted by atomic mass is 16.2. The third-order valence-electron chi connectivity index (χ3n) is 5.09. The first kappa shape index (κ1) is 18.2. The van der Waals surface area contributed by atoms with Crippen LogP contribution in [0.2, 0.25) is 0 Å². The average molecular weight is 372 g/mol. The number of carbonyl (C=O) groups is 1. The van der Waals surface area contributed by atoms with Crippen molar-refractivity contribution in [3.05, 3.63) is 84.6 Å². The monoisotopic (exact) mass is 372 g/mol. The van der Waals surface area contributed by atoms with Gasteiger partial charge in [-0.2, -0.15) is 0 Å². The van der Waals surface area contributed by atoms with Crippen molar-refractivity contribution in [2.45, 2.75) is 26.4 Å². The van der Waals surface area contributed by atoms with E-state index in [1.165, 1.54) is 0 Å². The number of aromatic nitrogens is 3. The Labute approximate surface area is 165 Å². The number of hydrogen-bond donors (Lipinski definition) is 0. The minimum absolute atomic E-state index is 0.0716. The molecule has 5 heteroatoms. The Morgan fingerprint density at radius 2 is 2.14 bits per heavy atom. The predicted molar refractivity (Wildman–Crippen MR) is 110 cm³/mol. The van der Waals surface area contributed by atoms with Gasteiger partial charge in [0.2, 0.25) is 0 Å². The van der Waals surface area contributed by atoms with Crippen LogP contribution in [0.25, 0.3) is 11.3 Å². The molecule has 5 nitrogen and oxygen atoms in total. The Morgan fingerprint density at radius 3 is 2.86 bits per heavy atom. The van der Waals surface area contributed by atoms with Crippen molar-refractivity contribution in [3.8, 4) is 11.3 Å². The zero-order valence-electron chi connectivity index (χ0n) is 16.2. The summed E-state index contributed by atoms with van der Waals surface area (Å²) in [5, 5.41) is 0. The van der Waals surface area contributed by atoms with E-state index < -0.39 is 0 Å². The second kappa shape index (κ2) is 7.80. The largest absolute Gasteiger partial charge is 0.333 e. The first-order chi connectivity index (χ1) is 13.6. The van der Waals surface area contributed by atoms with Crippen LogP contribution in [0.1, 0.15) is 29.8 Å². The number of imidazole rings is 1. The van der Waals surface area contributed by atoms with Gasteiger partial charge in [0.25, 0.3) is 5.91 Å². The maximum Gasteiger partial charge on any atom is 0.254 e. The zero-order valence-corrected chi connectivity index (χ0v) is 16.2. The highest BCUT2D eigenvalue weighted by molar-refractivity contribution is 5.96. The highest BCUT2D eigenvalue weighted by Crippen LogP contribution is 2.23. The molecule has 0 spiro atoms. The number of amides is 1. The predicted octanol–water partition coefficient (Wildman–Crippen LogP) is 4.03. The molecule has 0 saturated heterocycles. The van der Waals surface area contributed by atoms with Crippen molar-refractivity contribution in [1.82, 2.24) is 19.4 Å². The van der Waals surface area contributed by atoms with Gasteiger partial charge in [-0.25, -0.2) is 4.98 Å². The molecule has 1 unspecified atom stereocenters. The van der Waals surface area contributed by atoms with Gasteiger partial charge in [0, 0.05) is 42.8 Å². The lowest BCUT2D eigenvalue weighted by molar-refractivity contribution is 0.0720. The molecule has 142 valence electrons. The lowest BCUT2D eigenvalue weighted by atomic mass is 10.0. The first-order valence-corrected chi connectivity index (χ1v) is 9.60. The second-order valence-electron chi connectivity index (χ2n) is 7.49. The Bertz CT molecular complexity index is 974. The average Bonchev–Trinajstić information content (AvgIpc) is 3.40. The lowest BCUT2D eigenvalue weighted by Gasteiger charge is -2.27. The number of nitrogens with zero attached hydrogens (tertiary/aromatic N) is 4. The van der Waals surface area contributed by atoms with Gasteiger partial charge < -0.3 is 9.47 Å². The maximum atomic E-state index is 13.0. The summed E-state index contributed by atoms with van der Waals surface area (Å²) < 4.78 is 2.01. The van der Waals surface area contributed by atoms with Gasteiger partial charge in [0.15, 0.2) is 0 Å². The topological polar surface area (TPSA) is 51.0 Å². The summed E-state index contributed by atoms with van der Waals surface area (Å²) in [6, 6.07) is 12.0. The molecule has 0 radical (unpaired) electrons. The maximum absolute atomic E-state index is 13.0. The Morgan fingerprint density at radius 1 is 1.25 bits per heavy atom. The number of hydrogen-bond acceptors (Lipinski definition) is 3. The fraction of sp³-hybridized carbons (Fsp3) is 0.261. The molecule has 1 amide bonds. The molecule has 3 aromatic rings. The molecular formula is C23H24N4O. The van der Waals surface area contributed by atoms with E-state index in [-0.39, 0.29) is 11.9 Å². The van der Waals surface area contributed by atoms with Crippen LogP contribution in [0.3, 0.4) is 0 Å². The molecule has 0 bridgehead atoms. The van der Waals surface area contributed by atoms with E-state index in [1.54, 1.807) is 12.5 Å². The van der Waals surface area contributed by atoms with Gasteiger partial charge >= 0.3 is 0 Å². The lowest BCUT2D eigenvalue weighted by Crippen LogP contribution is -2.39. The third-order valence-corrected chi connectivity index (χ3v) is 5.09. The molecule has 0 N–H and O–H groups in total. The molecule has 3 heterocycles. The van der Waals surface area contributed by atoms with Crippen molar-refractivity contribution in [2.24, 2.45) is 5.92 Å². The van der Waals surface area contributed by atoms with Gasteiger partial charge in [-0.15, -0.1) is 0 Å². The van der Waals surface area contributed by atoms with Crippen LogP contribution in [-0.2, 0) is 6.54 Å². The molecule has 0 aliphatic carbocycles. The molecular weight excluding hydrogens is 348 g/mol. The molecule has 0 saturated carbocycles. The van der Waals surface area contributed by atoms with Gasteiger partial charge in [-0.05, 0) is 29.7 Å². The molecule has 2 aromatic heterocycles. The summed E-state index contributed by atoms with van der Waals surface area (Å²) >= 11 is 0. The molecule has 1 aliphatic heterocycles. The van der Waals surface area contributed by atoms with Crippen molar-refractivity contribution in [1.29, 1.82) is 0 Å². The summed E-state index contributed by atoms with van der Waals surface area (Å²) in [4.78, 5) is 23.6. The standard InChI is InChI=1S/C23H24N4O/c1-17(2)22-7-4-11-27(22)23(28)20-6-3-5-19(13-20)21-9-8-18(14-25-21)15-26-12-10-24-16-26/h3-10,12-14,16-17,22H,11,15H2,1-2H3. The van der Waals surface area contributed by atoms with Crippen LogP contribution in [0.15, 0.2) is 73.5 Å². The van der Waals surface area contributed by atoms with Crippen LogP contribution in [0.5, 0.6) is 0 Å². The highest BCUT2D eigenvalue weighted by Gasteiger charge is 2.27. The van der Waals surface area contributed by atoms with Crippen LogP contribution < -0.4 is 0 Å². The Hall–Kier alpha value is -3.21. The second-order valence-corrected chi connectivity index (χ2v) is 7.49. The molecule has 4 rings (SSSR count). The van der Waals surface area contributed by atoms with Crippen LogP contribution in [0, 0.1) is 5.92 Å². The molecule has 1 atom stereocenters. The number of pyridine rings is 1. The minimum Gasteiger partial charge on any atom is -0.333 e. The van der Waals surface area contributed by atoms with Crippen molar-refractivity contribution >= 4 is 5.91 Å². The van der Waals surface area contributed by atoms with E-state index in [4.69, 9.17) is 0 Å². The quantitative estimate of drug-likeness (QED) is 0.636. The van der Waals surface area contributed by atoms with E-state index in [1.807, 2.05) is 52.2 Å². The van der Waals surface area contributed by atoms with Crippen molar-refractivity contribution < 1.29 is 4.79 Å². The van der Waals surface area contributed by atoms with E-state index in [9.17, 15) is 4.79 Å². The zero-order chi connectivity index (χ0) is 19.5. The SMILES string of the molecule is CC(C)C1C=CCN1C(=O)c1cccc(-c2ccc(Cn3ccnc3)cn2)c1. The van der Waals surface area contributed by atoms with Crippen LogP contribution in [0.4, 0.5) is 0 Å². The van der Waals surface area contributed by atoms with Crippen molar-refractivity contribution in [2.75, 3.05) is 6.54 Å². The van der Waals surface area contributed by atoms with Crippen LogP contribution in [-0.4, -0.2) is 37.9 Å². The fourth-order valence-electron chi connectivity index (χ4n) is 3.60. The van der Waals surface area contributed by atoms with E-state index in [2.05, 4.69) is 42.0 Å². The van der Waals surface area contributed by atoms with Gasteiger partial charge in [0.05, 0.1) is 18.1 Å². The Balaban J connectivity index is 1.53. The normalized spacial score (nSPS) is 16.1. The van der Waals surface area contributed by atoms with Gasteiger partial charge in [-0.1, -0.05) is 44.2 Å². The van der Waals surface area contributed by atoms with Gasteiger partial charge in [0.1, 0.15) is 0 Å². The number of carbonyl (C=O) groups excluding carboxylic acids is 1. The molecule has 28 heavy (non-hydrogen) atoms. The summed E-state index contributed by atoms with van der Waals surface area (Å²) in [5.74, 6) is 0.470. The minimum atomic E-state index is 0.0716. The van der Waals surface area contributed by atoms with E-state index in [0.717, 1.165) is 23.4 Å². The smallest absolute Gasteiger partial charge is 0.254 e.